The molecule has 3 rings (SSSR count). The number of halogens is 3. The maximum Gasteiger partial charge on any atom is 0.408 e. The third-order valence-corrected chi connectivity index (χ3v) is 5.37. The smallest absolute Gasteiger partial charge is 0.308 e. The van der Waals surface area contributed by atoms with Gasteiger partial charge in [-0.2, -0.15) is 13.2 Å². The fourth-order valence-electron chi connectivity index (χ4n) is 3.77. The van der Waals surface area contributed by atoms with E-state index in [1.54, 1.807) is 4.90 Å². The van der Waals surface area contributed by atoms with E-state index in [-0.39, 0.29) is 19.0 Å². The van der Waals surface area contributed by atoms with E-state index in [0.717, 1.165) is 11.1 Å². The monoisotopic (exact) mass is 362 g/mol. The van der Waals surface area contributed by atoms with Gasteiger partial charge in [0.05, 0.1) is 0 Å². The van der Waals surface area contributed by atoms with Crippen molar-refractivity contribution in [3.8, 4) is 0 Å². The van der Waals surface area contributed by atoms with Gasteiger partial charge in [-0.1, -0.05) is 60.7 Å². The quantitative estimate of drug-likeness (QED) is 0.783. The van der Waals surface area contributed by atoms with E-state index >= 15 is 0 Å². The maximum absolute atomic E-state index is 14.1. The summed E-state index contributed by atoms with van der Waals surface area (Å²) in [6.07, 6.45) is -3.58. The average molecular weight is 362 g/mol. The van der Waals surface area contributed by atoms with Crippen LogP contribution in [-0.2, 0) is 6.54 Å². The van der Waals surface area contributed by atoms with Gasteiger partial charge in [0.25, 0.3) is 0 Å². The highest BCUT2D eigenvalue weighted by Crippen LogP contribution is 2.43. The van der Waals surface area contributed by atoms with Crippen molar-refractivity contribution in [1.82, 2.24) is 10.2 Å². The highest BCUT2D eigenvalue weighted by Gasteiger charge is 2.59. The highest BCUT2D eigenvalue weighted by molar-refractivity contribution is 5.19. The molecule has 1 aliphatic heterocycles. The van der Waals surface area contributed by atoms with Gasteiger partial charge < -0.3 is 5.32 Å². The zero-order chi connectivity index (χ0) is 18.6. The lowest BCUT2D eigenvalue weighted by Gasteiger charge is -2.41. The lowest BCUT2D eigenvalue weighted by Crippen LogP contribution is -2.60. The Morgan fingerprint density at radius 3 is 2.27 bits per heavy atom. The summed E-state index contributed by atoms with van der Waals surface area (Å²) in [6.45, 7) is 2.60. The van der Waals surface area contributed by atoms with E-state index in [1.807, 2.05) is 67.6 Å². The molecule has 140 valence electrons. The van der Waals surface area contributed by atoms with E-state index in [0.29, 0.717) is 19.5 Å². The molecule has 26 heavy (non-hydrogen) atoms. The fourth-order valence-corrected chi connectivity index (χ4v) is 3.77. The number of alkyl halides is 3. The molecule has 0 amide bonds. The van der Waals surface area contributed by atoms with Gasteiger partial charge in [0.15, 0.2) is 0 Å². The lowest BCUT2D eigenvalue weighted by atomic mass is 9.93. The molecule has 1 heterocycles. The van der Waals surface area contributed by atoms with E-state index < -0.39 is 11.7 Å². The van der Waals surface area contributed by atoms with Crippen molar-refractivity contribution >= 4 is 0 Å². The second-order valence-corrected chi connectivity index (χ2v) is 7.05. The number of rotatable bonds is 6. The molecule has 0 aliphatic carbocycles. The normalized spacial score (nSPS) is 22.5. The third kappa shape index (κ3) is 3.94. The van der Waals surface area contributed by atoms with Crippen molar-refractivity contribution in [3.05, 3.63) is 71.8 Å². The van der Waals surface area contributed by atoms with Gasteiger partial charge in [-0.05, 0) is 37.4 Å². The predicted molar refractivity (Wildman–Crippen MR) is 97.7 cm³/mol. The van der Waals surface area contributed by atoms with E-state index in [4.69, 9.17) is 0 Å². The van der Waals surface area contributed by atoms with Crippen LogP contribution in [0.3, 0.4) is 0 Å². The topological polar surface area (TPSA) is 15.3 Å². The number of hydrogen-bond acceptors (Lipinski definition) is 2. The second kappa shape index (κ2) is 7.80. The number of nitrogens with zero attached hydrogens (tertiary/aromatic N) is 1. The van der Waals surface area contributed by atoms with Gasteiger partial charge in [0.2, 0.25) is 0 Å². The van der Waals surface area contributed by atoms with Crippen molar-refractivity contribution in [3.63, 3.8) is 0 Å². The van der Waals surface area contributed by atoms with Gasteiger partial charge in [-0.15, -0.1) is 0 Å². The van der Waals surface area contributed by atoms with Crippen LogP contribution in [0.1, 0.15) is 36.9 Å². The lowest BCUT2D eigenvalue weighted by molar-refractivity contribution is -0.224. The van der Waals surface area contributed by atoms with E-state index in [9.17, 15) is 13.2 Å². The Morgan fingerprint density at radius 1 is 1.04 bits per heavy atom. The van der Waals surface area contributed by atoms with E-state index in [1.165, 1.54) is 0 Å². The van der Waals surface area contributed by atoms with Crippen molar-refractivity contribution in [2.24, 2.45) is 0 Å². The molecule has 2 aromatic carbocycles. The molecule has 5 heteroatoms. The van der Waals surface area contributed by atoms with E-state index in [2.05, 4.69) is 5.32 Å². The predicted octanol–water partition coefficient (Wildman–Crippen LogP) is 4.93. The summed E-state index contributed by atoms with van der Waals surface area (Å²) in [7, 11) is 0. The average Bonchev–Trinajstić information content (AvgIpc) is 3.05. The van der Waals surface area contributed by atoms with Gasteiger partial charge in [0, 0.05) is 19.1 Å². The van der Waals surface area contributed by atoms with Gasteiger partial charge >= 0.3 is 6.18 Å². The first-order valence-corrected chi connectivity index (χ1v) is 9.06. The Morgan fingerprint density at radius 2 is 1.65 bits per heavy atom. The summed E-state index contributed by atoms with van der Waals surface area (Å²) in [5.41, 5.74) is 0.0999. The number of hydrogen-bond donors (Lipinski definition) is 1. The standard InChI is InChI=1S/C21H25F3N2/c1-17(19-11-6-3-7-12-19)25-16-20(21(22,23)24)13-8-14-26(20)15-18-9-4-2-5-10-18/h2-7,9-12,17,25H,8,13-16H2,1H3/t17-,20?/m0/s1. The zero-order valence-corrected chi connectivity index (χ0v) is 15.0. The molecule has 0 radical (unpaired) electrons. The molecule has 2 nitrogen and oxygen atoms in total. The third-order valence-electron chi connectivity index (χ3n) is 5.37. The molecule has 2 atom stereocenters. The fraction of sp³-hybridized carbons (Fsp3) is 0.429. The van der Waals surface area contributed by atoms with Crippen LogP contribution in [0.25, 0.3) is 0 Å². The molecule has 0 aromatic heterocycles. The largest absolute Gasteiger partial charge is 0.408 e. The Hall–Kier alpha value is -1.85. The summed E-state index contributed by atoms with van der Waals surface area (Å²) in [5, 5.41) is 3.14. The molecule has 1 N–H and O–H groups in total. The first kappa shape index (κ1) is 18.9. The van der Waals surface area contributed by atoms with Crippen molar-refractivity contribution in [2.45, 2.75) is 44.1 Å². The van der Waals surface area contributed by atoms with Crippen LogP contribution in [-0.4, -0.2) is 29.7 Å². The van der Waals surface area contributed by atoms with Crippen LogP contribution in [0, 0.1) is 0 Å². The van der Waals surface area contributed by atoms with Crippen molar-refractivity contribution in [1.29, 1.82) is 0 Å². The zero-order valence-electron chi connectivity index (χ0n) is 15.0. The van der Waals surface area contributed by atoms with Crippen LogP contribution < -0.4 is 5.32 Å². The molecule has 1 unspecified atom stereocenters. The Labute approximate surface area is 153 Å². The van der Waals surface area contributed by atoms with Crippen LogP contribution in [0.15, 0.2) is 60.7 Å². The van der Waals surface area contributed by atoms with Crippen LogP contribution in [0.2, 0.25) is 0 Å². The van der Waals surface area contributed by atoms with Crippen LogP contribution in [0.4, 0.5) is 13.2 Å². The SMILES string of the molecule is C[C@H](NCC1(C(F)(F)F)CCCN1Cc1ccccc1)c1ccccc1. The van der Waals surface area contributed by atoms with Crippen molar-refractivity contribution < 1.29 is 13.2 Å². The second-order valence-electron chi connectivity index (χ2n) is 7.05. The number of benzene rings is 2. The minimum atomic E-state index is -4.28. The molecule has 2 aromatic rings. The Kier molecular flexibility index (Phi) is 5.68. The first-order chi connectivity index (χ1) is 12.4. The first-order valence-electron chi connectivity index (χ1n) is 9.06. The minimum Gasteiger partial charge on any atom is -0.308 e. The Bertz CT molecular complexity index is 687. The van der Waals surface area contributed by atoms with Gasteiger partial charge in [0.1, 0.15) is 5.54 Å². The molecular weight excluding hydrogens is 337 g/mol. The molecule has 0 spiro atoms. The molecule has 0 saturated carbocycles. The number of nitrogens with one attached hydrogen (secondary N) is 1. The van der Waals surface area contributed by atoms with Gasteiger partial charge in [-0.3, -0.25) is 4.90 Å². The summed E-state index contributed by atoms with van der Waals surface area (Å²) in [6, 6.07) is 18.9. The Balaban J connectivity index is 1.77. The van der Waals surface area contributed by atoms with Gasteiger partial charge in [-0.25, -0.2) is 0 Å². The molecule has 1 fully saturated rings. The molecule has 0 bridgehead atoms. The summed E-state index contributed by atoms with van der Waals surface area (Å²) in [4.78, 5) is 1.60. The number of likely N-dealkylation sites (tertiary alicyclic amines) is 1. The minimum absolute atomic E-state index is 0.0978. The molecule has 1 aliphatic rings. The summed E-state index contributed by atoms with van der Waals surface area (Å²) in [5.74, 6) is 0. The summed E-state index contributed by atoms with van der Waals surface area (Å²) < 4.78 is 42.4. The summed E-state index contributed by atoms with van der Waals surface area (Å²) >= 11 is 0. The van der Waals surface area contributed by atoms with Crippen LogP contribution in [0.5, 0.6) is 0 Å². The molecular formula is C21H25F3N2. The highest BCUT2D eigenvalue weighted by atomic mass is 19.4. The van der Waals surface area contributed by atoms with Crippen LogP contribution >= 0.6 is 0 Å². The maximum atomic E-state index is 14.1. The molecule has 1 saturated heterocycles. The van der Waals surface area contributed by atoms with Crippen molar-refractivity contribution in [2.75, 3.05) is 13.1 Å².